The zero-order valence-electron chi connectivity index (χ0n) is 11.4. The Bertz CT molecular complexity index is 570. The highest BCUT2D eigenvalue weighted by Gasteiger charge is 2.15. The smallest absolute Gasteiger partial charge is 0.208 e. The molecule has 2 nitrogen and oxygen atoms in total. The highest BCUT2D eigenvalue weighted by molar-refractivity contribution is 9.10. The average Bonchev–Trinajstić information content (AvgIpc) is 2.43. The van der Waals surface area contributed by atoms with E-state index < -0.39 is 5.82 Å². The summed E-state index contributed by atoms with van der Waals surface area (Å²) in [5.41, 5.74) is 0.981. The van der Waals surface area contributed by atoms with Gasteiger partial charge in [-0.15, -0.1) is 0 Å². The van der Waals surface area contributed by atoms with E-state index in [2.05, 4.69) is 15.9 Å². The van der Waals surface area contributed by atoms with Gasteiger partial charge in [-0.05, 0) is 47.5 Å². The number of hydrogen-bond acceptors (Lipinski definition) is 2. The Kier molecular flexibility index (Phi) is 5.01. The fourth-order valence-corrected chi connectivity index (χ4v) is 2.14. The molecular formula is C16H16BrFO2. The van der Waals surface area contributed by atoms with E-state index in [4.69, 9.17) is 9.47 Å². The van der Waals surface area contributed by atoms with Crippen LogP contribution in [0.2, 0.25) is 0 Å². The van der Waals surface area contributed by atoms with E-state index in [9.17, 15) is 4.39 Å². The predicted molar refractivity (Wildman–Crippen MR) is 80.6 cm³/mol. The lowest BCUT2D eigenvalue weighted by Gasteiger charge is -2.15. The summed E-state index contributed by atoms with van der Waals surface area (Å²) in [5, 5.41) is 0. The summed E-state index contributed by atoms with van der Waals surface area (Å²) < 4.78 is 25.9. The molecule has 0 radical (unpaired) electrons. The molecule has 0 aromatic heterocycles. The van der Waals surface area contributed by atoms with Crippen molar-refractivity contribution in [3.05, 3.63) is 58.3 Å². The molecule has 2 aromatic rings. The largest absolute Gasteiger partial charge is 0.488 e. The lowest BCUT2D eigenvalue weighted by Crippen LogP contribution is -2.08. The van der Waals surface area contributed by atoms with Gasteiger partial charge >= 0.3 is 0 Å². The molecule has 0 aliphatic carbocycles. The first-order valence-corrected chi connectivity index (χ1v) is 7.18. The second-order valence-corrected chi connectivity index (χ2v) is 5.48. The van der Waals surface area contributed by atoms with Gasteiger partial charge in [0.1, 0.15) is 6.61 Å². The van der Waals surface area contributed by atoms with E-state index in [1.807, 2.05) is 44.2 Å². The van der Waals surface area contributed by atoms with Crippen molar-refractivity contribution < 1.29 is 13.9 Å². The second-order valence-electron chi connectivity index (χ2n) is 4.63. The van der Waals surface area contributed by atoms with Crippen LogP contribution in [0.5, 0.6) is 11.5 Å². The van der Waals surface area contributed by atoms with Crippen LogP contribution >= 0.6 is 15.9 Å². The fourth-order valence-electron chi connectivity index (χ4n) is 1.72. The van der Waals surface area contributed by atoms with Crippen LogP contribution in [0.15, 0.2) is 46.9 Å². The molecule has 106 valence electrons. The first kappa shape index (κ1) is 14.9. The summed E-state index contributed by atoms with van der Waals surface area (Å²) in [6.45, 7) is 4.01. The summed E-state index contributed by atoms with van der Waals surface area (Å²) in [6.07, 6.45) is -0.0901. The van der Waals surface area contributed by atoms with Crippen LogP contribution in [0, 0.1) is 5.82 Å². The van der Waals surface area contributed by atoms with Crippen LogP contribution in [-0.2, 0) is 6.61 Å². The number of benzene rings is 2. The highest BCUT2D eigenvalue weighted by Crippen LogP contribution is 2.35. The van der Waals surface area contributed by atoms with E-state index in [-0.39, 0.29) is 17.6 Å². The Morgan fingerprint density at radius 1 is 1.10 bits per heavy atom. The molecule has 0 saturated heterocycles. The summed E-state index contributed by atoms with van der Waals surface area (Å²) >= 11 is 3.30. The standard InChI is InChI=1S/C16H16BrFO2/c1-11(2)20-14-9-8-13(17)16(15(14)18)19-10-12-6-4-3-5-7-12/h3-9,11H,10H2,1-2H3. The van der Waals surface area contributed by atoms with E-state index in [0.717, 1.165) is 5.56 Å². The summed E-state index contributed by atoms with van der Waals surface area (Å²) in [6, 6.07) is 12.9. The topological polar surface area (TPSA) is 18.5 Å². The molecule has 0 aliphatic heterocycles. The molecule has 0 bridgehead atoms. The molecule has 0 aliphatic rings. The van der Waals surface area contributed by atoms with Gasteiger partial charge in [-0.25, -0.2) is 0 Å². The van der Waals surface area contributed by atoms with Crippen molar-refractivity contribution in [1.29, 1.82) is 0 Å². The van der Waals surface area contributed by atoms with Gasteiger partial charge in [0, 0.05) is 0 Å². The number of rotatable bonds is 5. The van der Waals surface area contributed by atoms with Crippen molar-refractivity contribution in [3.8, 4) is 11.5 Å². The fraction of sp³-hybridized carbons (Fsp3) is 0.250. The van der Waals surface area contributed by atoms with Crippen LogP contribution in [0.25, 0.3) is 0 Å². The molecule has 0 unspecified atom stereocenters. The Morgan fingerprint density at radius 3 is 2.45 bits per heavy atom. The van der Waals surface area contributed by atoms with Gasteiger partial charge in [-0.1, -0.05) is 30.3 Å². The average molecular weight is 339 g/mol. The summed E-state index contributed by atoms with van der Waals surface area (Å²) in [5.74, 6) is -0.109. The van der Waals surface area contributed by atoms with Gasteiger partial charge in [-0.2, -0.15) is 4.39 Å². The van der Waals surface area contributed by atoms with Crippen LogP contribution in [0.3, 0.4) is 0 Å². The third-order valence-electron chi connectivity index (χ3n) is 2.60. The minimum atomic E-state index is -0.482. The molecular weight excluding hydrogens is 323 g/mol. The van der Waals surface area contributed by atoms with Crippen LogP contribution in [0.4, 0.5) is 4.39 Å². The maximum Gasteiger partial charge on any atom is 0.208 e. The quantitative estimate of drug-likeness (QED) is 0.767. The van der Waals surface area contributed by atoms with E-state index in [1.165, 1.54) is 0 Å². The highest BCUT2D eigenvalue weighted by atomic mass is 79.9. The van der Waals surface area contributed by atoms with Crippen molar-refractivity contribution in [2.45, 2.75) is 26.6 Å². The van der Waals surface area contributed by atoms with Gasteiger partial charge in [0.15, 0.2) is 11.5 Å². The maximum atomic E-state index is 14.3. The minimum absolute atomic E-state index is 0.0901. The first-order valence-electron chi connectivity index (χ1n) is 6.39. The molecule has 0 N–H and O–H groups in total. The molecule has 0 atom stereocenters. The Labute approximate surface area is 126 Å². The van der Waals surface area contributed by atoms with E-state index in [1.54, 1.807) is 12.1 Å². The Morgan fingerprint density at radius 2 is 1.80 bits per heavy atom. The molecule has 0 fully saturated rings. The summed E-state index contributed by atoms with van der Waals surface area (Å²) in [7, 11) is 0. The monoisotopic (exact) mass is 338 g/mol. The first-order chi connectivity index (χ1) is 9.58. The normalized spacial score (nSPS) is 10.7. The molecule has 0 amide bonds. The van der Waals surface area contributed by atoms with Gasteiger partial charge in [0.2, 0.25) is 5.82 Å². The van der Waals surface area contributed by atoms with Crippen LogP contribution in [-0.4, -0.2) is 6.10 Å². The Balaban J connectivity index is 2.18. The number of ether oxygens (including phenoxy) is 2. The summed E-state index contributed by atoms with van der Waals surface area (Å²) in [4.78, 5) is 0. The molecule has 2 aromatic carbocycles. The molecule has 0 heterocycles. The number of halogens is 2. The third kappa shape index (κ3) is 3.73. The second kappa shape index (κ2) is 6.75. The molecule has 2 rings (SSSR count). The van der Waals surface area contributed by atoms with Crippen molar-refractivity contribution in [1.82, 2.24) is 0 Å². The van der Waals surface area contributed by atoms with Crippen molar-refractivity contribution in [2.75, 3.05) is 0 Å². The lowest BCUT2D eigenvalue weighted by atomic mass is 10.2. The van der Waals surface area contributed by atoms with Crippen molar-refractivity contribution in [2.24, 2.45) is 0 Å². The lowest BCUT2D eigenvalue weighted by molar-refractivity contribution is 0.222. The van der Waals surface area contributed by atoms with Crippen LogP contribution in [0.1, 0.15) is 19.4 Å². The van der Waals surface area contributed by atoms with E-state index in [0.29, 0.717) is 11.1 Å². The zero-order valence-corrected chi connectivity index (χ0v) is 13.0. The zero-order chi connectivity index (χ0) is 14.5. The van der Waals surface area contributed by atoms with E-state index >= 15 is 0 Å². The predicted octanol–water partition coefficient (Wildman–Crippen LogP) is 4.95. The minimum Gasteiger partial charge on any atom is -0.488 e. The molecule has 0 spiro atoms. The Hall–Kier alpha value is -1.55. The third-order valence-corrected chi connectivity index (χ3v) is 3.23. The van der Waals surface area contributed by atoms with Gasteiger partial charge < -0.3 is 9.47 Å². The molecule has 20 heavy (non-hydrogen) atoms. The van der Waals surface area contributed by atoms with Gasteiger partial charge in [0.25, 0.3) is 0 Å². The molecule has 4 heteroatoms. The molecule has 0 saturated carbocycles. The maximum absolute atomic E-state index is 14.3. The van der Waals surface area contributed by atoms with Crippen molar-refractivity contribution in [3.63, 3.8) is 0 Å². The number of hydrogen-bond donors (Lipinski definition) is 0. The van der Waals surface area contributed by atoms with Crippen molar-refractivity contribution >= 4 is 15.9 Å². The van der Waals surface area contributed by atoms with Gasteiger partial charge in [0.05, 0.1) is 10.6 Å². The van der Waals surface area contributed by atoms with Crippen LogP contribution < -0.4 is 9.47 Å². The SMILES string of the molecule is CC(C)Oc1ccc(Br)c(OCc2ccccc2)c1F. The van der Waals surface area contributed by atoms with Gasteiger partial charge in [-0.3, -0.25) is 0 Å².